The lowest BCUT2D eigenvalue weighted by atomic mass is 10.3. The first-order valence-corrected chi connectivity index (χ1v) is 3.08. The summed E-state index contributed by atoms with van der Waals surface area (Å²) in [6.45, 7) is -0.0521. The Balaban J connectivity index is 2.65. The van der Waals surface area contributed by atoms with Crippen molar-refractivity contribution in [2.75, 3.05) is 6.61 Å². The van der Waals surface area contributed by atoms with Gasteiger partial charge in [0.2, 0.25) is 0 Å². The minimum atomic E-state index is -0.361. The van der Waals surface area contributed by atoms with E-state index in [0.717, 1.165) is 0 Å². The molecule has 0 unspecified atom stereocenters. The zero-order valence-corrected chi connectivity index (χ0v) is 5.75. The number of hydrogen-bond acceptors (Lipinski definition) is 2. The zero-order chi connectivity index (χ0) is 8.10. The number of rotatable bonds is 2. The van der Waals surface area contributed by atoms with E-state index >= 15 is 0 Å². The van der Waals surface area contributed by atoms with Crippen LogP contribution >= 0.6 is 0 Å². The van der Waals surface area contributed by atoms with Gasteiger partial charge in [-0.2, -0.15) is 5.26 Å². The molecule has 0 heterocycles. The summed E-state index contributed by atoms with van der Waals surface area (Å²) in [5.74, 6) is 0.0204. The molecule has 0 aliphatic carbocycles. The maximum absolute atomic E-state index is 12.4. The molecule has 0 fully saturated rings. The van der Waals surface area contributed by atoms with E-state index in [1.54, 1.807) is 12.1 Å². The van der Waals surface area contributed by atoms with Gasteiger partial charge in [0, 0.05) is 6.07 Å². The Kier molecular flexibility index (Phi) is 2.45. The molecular weight excluding hydrogens is 145 g/mol. The molecular formula is C8H6FNO. The van der Waals surface area contributed by atoms with Crippen molar-refractivity contribution in [3.63, 3.8) is 0 Å². The SMILES string of the molecule is N#CCOc1cccc(F)c1. The second-order valence-electron chi connectivity index (χ2n) is 1.90. The minimum Gasteiger partial charge on any atom is -0.479 e. The predicted octanol–water partition coefficient (Wildman–Crippen LogP) is 1.73. The van der Waals surface area contributed by atoms with E-state index in [-0.39, 0.29) is 12.4 Å². The summed E-state index contributed by atoms with van der Waals surface area (Å²) in [4.78, 5) is 0. The summed E-state index contributed by atoms with van der Waals surface area (Å²) in [5, 5.41) is 8.13. The molecule has 0 aliphatic rings. The fourth-order valence-electron chi connectivity index (χ4n) is 0.672. The lowest BCUT2D eigenvalue weighted by molar-refractivity contribution is 0.365. The third-order valence-electron chi connectivity index (χ3n) is 1.10. The second-order valence-corrected chi connectivity index (χ2v) is 1.90. The molecule has 2 nitrogen and oxygen atoms in total. The van der Waals surface area contributed by atoms with Crippen LogP contribution in [0.5, 0.6) is 5.75 Å². The highest BCUT2D eigenvalue weighted by Crippen LogP contribution is 2.10. The fourth-order valence-corrected chi connectivity index (χ4v) is 0.672. The standard InChI is InChI=1S/C8H6FNO/c9-7-2-1-3-8(6-7)11-5-4-10/h1-3,6H,5H2. The molecule has 1 aromatic rings. The van der Waals surface area contributed by atoms with Crippen LogP contribution in [0.1, 0.15) is 0 Å². The number of nitrogens with zero attached hydrogens (tertiary/aromatic N) is 1. The largest absolute Gasteiger partial charge is 0.479 e. The second kappa shape index (κ2) is 3.57. The predicted molar refractivity (Wildman–Crippen MR) is 37.5 cm³/mol. The smallest absolute Gasteiger partial charge is 0.174 e. The van der Waals surface area contributed by atoms with Crippen LogP contribution in [0.15, 0.2) is 24.3 Å². The quantitative estimate of drug-likeness (QED) is 0.644. The molecule has 11 heavy (non-hydrogen) atoms. The molecule has 56 valence electrons. The van der Waals surface area contributed by atoms with Crippen molar-refractivity contribution < 1.29 is 9.13 Å². The maximum atomic E-state index is 12.4. The molecule has 0 aliphatic heterocycles. The first-order chi connectivity index (χ1) is 5.33. The van der Waals surface area contributed by atoms with Crippen molar-refractivity contribution >= 4 is 0 Å². The Morgan fingerprint density at radius 2 is 2.36 bits per heavy atom. The molecule has 0 saturated carbocycles. The third kappa shape index (κ3) is 2.26. The lowest BCUT2D eigenvalue weighted by Crippen LogP contribution is -1.92. The number of ether oxygens (including phenoxy) is 1. The average molecular weight is 151 g/mol. The monoisotopic (exact) mass is 151 g/mol. The molecule has 0 bridgehead atoms. The van der Waals surface area contributed by atoms with E-state index in [1.807, 2.05) is 0 Å². The molecule has 0 N–H and O–H groups in total. The molecule has 0 saturated heterocycles. The van der Waals surface area contributed by atoms with Gasteiger partial charge in [0.15, 0.2) is 6.61 Å². The summed E-state index contributed by atoms with van der Waals surface area (Å²) in [5.41, 5.74) is 0. The Morgan fingerprint density at radius 3 is 3.00 bits per heavy atom. The van der Waals surface area contributed by atoms with Gasteiger partial charge < -0.3 is 4.74 Å². The average Bonchev–Trinajstić information content (AvgIpc) is 2.01. The van der Waals surface area contributed by atoms with Crippen molar-refractivity contribution in [1.82, 2.24) is 0 Å². The van der Waals surface area contributed by atoms with E-state index in [0.29, 0.717) is 5.75 Å². The van der Waals surface area contributed by atoms with Crippen LogP contribution in [0.3, 0.4) is 0 Å². The van der Waals surface area contributed by atoms with Crippen molar-refractivity contribution in [1.29, 1.82) is 5.26 Å². The van der Waals surface area contributed by atoms with Crippen molar-refractivity contribution in [2.45, 2.75) is 0 Å². The summed E-state index contributed by atoms with van der Waals surface area (Å²) in [6, 6.07) is 7.47. The first kappa shape index (κ1) is 7.55. The normalized spacial score (nSPS) is 8.73. The number of hydrogen-bond donors (Lipinski definition) is 0. The summed E-state index contributed by atoms with van der Waals surface area (Å²) in [6.07, 6.45) is 0. The van der Waals surface area contributed by atoms with Gasteiger partial charge in [-0.15, -0.1) is 0 Å². The number of nitriles is 1. The Morgan fingerprint density at radius 1 is 1.55 bits per heavy atom. The van der Waals surface area contributed by atoms with Crippen LogP contribution in [-0.2, 0) is 0 Å². The molecule has 0 radical (unpaired) electrons. The number of benzene rings is 1. The van der Waals surface area contributed by atoms with E-state index in [4.69, 9.17) is 10.00 Å². The highest BCUT2D eigenvalue weighted by molar-refractivity contribution is 5.22. The zero-order valence-electron chi connectivity index (χ0n) is 5.75. The van der Waals surface area contributed by atoms with Crippen molar-refractivity contribution in [2.24, 2.45) is 0 Å². The summed E-state index contributed by atoms with van der Waals surface area (Å²) in [7, 11) is 0. The van der Waals surface area contributed by atoms with Crippen LogP contribution in [0.4, 0.5) is 4.39 Å². The van der Waals surface area contributed by atoms with Crippen LogP contribution in [0.2, 0.25) is 0 Å². The van der Waals surface area contributed by atoms with Gasteiger partial charge in [-0.3, -0.25) is 0 Å². The molecule has 3 heteroatoms. The first-order valence-electron chi connectivity index (χ1n) is 3.08. The maximum Gasteiger partial charge on any atom is 0.174 e. The molecule has 0 amide bonds. The summed E-state index contributed by atoms with van der Waals surface area (Å²) >= 11 is 0. The van der Waals surface area contributed by atoms with E-state index in [2.05, 4.69) is 0 Å². The van der Waals surface area contributed by atoms with Gasteiger partial charge in [0.05, 0.1) is 0 Å². The van der Waals surface area contributed by atoms with E-state index in [1.165, 1.54) is 18.2 Å². The Hall–Kier alpha value is -1.56. The summed E-state index contributed by atoms with van der Waals surface area (Å²) < 4.78 is 17.3. The van der Waals surface area contributed by atoms with Gasteiger partial charge in [0.25, 0.3) is 0 Å². The molecule has 1 aromatic carbocycles. The fraction of sp³-hybridized carbons (Fsp3) is 0.125. The van der Waals surface area contributed by atoms with Crippen molar-refractivity contribution in [3.05, 3.63) is 30.1 Å². The molecule has 1 rings (SSSR count). The van der Waals surface area contributed by atoms with Gasteiger partial charge in [0.1, 0.15) is 17.6 Å². The van der Waals surface area contributed by atoms with Gasteiger partial charge in [-0.1, -0.05) is 6.07 Å². The van der Waals surface area contributed by atoms with Gasteiger partial charge in [-0.05, 0) is 12.1 Å². The van der Waals surface area contributed by atoms with Crippen LogP contribution in [0, 0.1) is 17.1 Å². The van der Waals surface area contributed by atoms with Crippen LogP contribution < -0.4 is 4.74 Å². The highest BCUT2D eigenvalue weighted by Gasteiger charge is 1.93. The lowest BCUT2D eigenvalue weighted by Gasteiger charge is -1.99. The molecule has 0 atom stereocenters. The minimum absolute atomic E-state index is 0.0521. The Labute approximate surface area is 63.8 Å². The van der Waals surface area contributed by atoms with Crippen LogP contribution in [0.25, 0.3) is 0 Å². The molecule has 0 aromatic heterocycles. The highest BCUT2D eigenvalue weighted by atomic mass is 19.1. The van der Waals surface area contributed by atoms with Crippen LogP contribution in [-0.4, -0.2) is 6.61 Å². The van der Waals surface area contributed by atoms with E-state index in [9.17, 15) is 4.39 Å². The van der Waals surface area contributed by atoms with Crippen molar-refractivity contribution in [3.8, 4) is 11.8 Å². The molecule has 0 spiro atoms. The Bertz CT molecular complexity index is 280. The van der Waals surface area contributed by atoms with Gasteiger partial charge >= 0.3 is 0 Å². The van der Waals surface area contributed by atoms with E-state index < -0.39 is 0 Å². The third-order valence-corrected chi connectivity index (χ3v) is 1.10. The topological polar surface area (TPSA) is 33.0 Å². The number of halogens is 1. The van der Waals surface area contributed by atoms with Gasteiger partial charge in [-0.25, -0.2) is 4.39 Å².